The van der Waals surface area contributed by atoms with Crippen LogP contribution in [0.4, 0.5) is 13.2 Å². The summed E-state index contributed by atoms with van der Waals surface area (Å²) in [5.41, 5.74) is 34.3. The Morgan fingerprint density at radius 2 is 0.960 bits per heavy atom. The number of aliphatic hydroxyl groups is 1. The van der Waals surface area contributed by atoms with E-state index >= 15 is 0 Å². The van der Waals surface area contributed by atoms with Crippen molar-refractivity contribution in [2.24, 2.45) is 61.2 Å². The third-order valence-electron chi connectivity index (χ3n) is 20.7. The molecule has 4 aliphatic heterocycles. The molecule has 14 amide bonds. The number of carboxylic acid groups (broad SMARTS) is 2. The second kappa shape index (κ2) is 52.2. The van der Waals surface area contributed by atoms with Gasteiger partial charge in [0.1, 0.15) is 84.6 Å². The van der Waals surface area contributed by atoms with Crippen molar-refractivity contribution in [3.8, 4) is 0 Å². The number of halogens is 3. The molecule has 49 heteroatoms. The Hall–Kier alpha value is -11.8. The summed E-state index contributed by atoms with van der Waals surface area (Å²) in [4.78, 5) is 243. The molecule has 27 N–H and O–H groups in total. The average Bonchev–Trinajstić information content (AvgIpc) is 1.64. The Bertz CT molecular complexity index is 4140. The molecule has 4 fully saturated rings. The SMILES string of the molecule is CSCC[C@H](NC(=O)[C@H](CS)NC(=O)[C@H](CCCN=C(N)N)NC(=O)[C@H](CCCN=C(N)N)NC(=O)[C@@H]1CCC(=O)N1)C(=O)N1CCC[C@H]1C(=O)N[C@@H](CC(C)C)C(=O)N[C@@H](Cc1cnc[nH]1)C(=O)N[C@@H](CO)C(=O)N[C@@H](CCCN=C(N)N)C(=O)N[C@H](C(=O)N1CCC[C@H]1C(=O)N[C@@H](Cc1ccccc1)C(=O)N1CCC[C@H]1C(=O)O)C(C)C.O=C(O)C(F)(F)F. The first-order valence-electron chi connectivity index (χ1n) is 41.2. The molecular weight excluding hydrogens is 1700 g/mol. The molecule has 700 valence electrons. The minimum absolute atomic E-state index is 0.0104. The van der Waals surface area contributed by atoms with Crippen LogP contribution in [0.1, 0.15) is 142 Å². The molecule has 4 saturated heterocycles. The van der Waals surface area contributed by atoms with E-state index in [1.807, 2.05) is 0 Å². The Balaban J connectivity index is 0.00000385. The lowest BCUT2D eigenvalue weighted by atomic mass is 10.0. The summed E-state index contributed by atoms with van der Waals surface area (Å²) in [6.07, 6.45) is 1.17. The van der Waals surface area contributed by atoms with Crippen LogP contribution in [0, 0.1) is 11.8 Å². The molecule has 0 saturated carbocycles. The van der Waals surface area contributed by atoms with Crippen LogP contribution in [-0.4, -0.2) is 307 Å². The van der Waals surface area contributed by atoms with Crippen molar-refractivity contribution in [1.29, 1.82) is 0 Å². The Morgan fingerprint density at radius 3 is 1.41 bits per heavy atom. The minimum Gasteiger partial charge on any atom is -0.480 e. The molecular formula is C77H120F3N25O19S2. The van der Waals surface area contributed by atoms with Crippen molar-refractivity contribution < 1.29 is 105 Å². The summed E-state index contributed by atoms with van der Waals surface area (Å²) in [5, 5.41) is 57.1. The molecule has 5 heterocycles. The van der Waals surface area contributed by atoms with Crippen LogP contribution in [0.5, 0.6) is 0 Å². The molecule has 0 radical (unpaired) electrons. The summed E-state index contributed by atoms with van der Waals surface area (Å²) in [6.45, 7) is 6.14. The zero-order chi connectivity index (χ0) is 93.7. The zero-order valence-electron chi connectivity index (χ0n) is 70.8. The fourth-order valence-corrected chi connectivity index (χ4v) is 15.0. The van der Waals surface area contributed by atoms with E-state index in [0.717, 1.165) is 0 Å². The highest BCUT2D eigenvalue weighted by Gasteiger charge is 2.46. The predicted molar refractivity (Wildman–Crippen MR) is 456 cm³/mol. The Kier molecular flexibility index (Phi) is 43.4. The number of rotatable bonds is 48. The van der Waals surface area contributed by atoms with E-state index in [2.05, 4.69) is 96.1 Å². The van der Waals surface area contributed by atoms with Gasteiger partial charge >= 0.3 is 18.1 Å². The maximum absolute atomic E-state index is 14.8. The number of nitrogens with zero attached hydrogens (tertiary/aromatic N) is 7. The number of carbonyl (C=O) groups excluding carboxylic acids is 14. The molecule has 0 unspecified atom stereocenters. The minimum atomic E-state index is -5.08. The van der Waals surface area contributed by atoms with Crippen molar-refractivity contribution in [3.05, 3.63) is 54.1 Å². The quantitative estimate of drug-likeness (QED) is 0.0127. The first kappa shape index (κ1) is 105. The number of carbonyl (C=O) groups is 16. The maximum Gasteiger partial charge on any atom is 0.490 e. The summed E-state index contributed by atoms with van der Waals surface area (Å²) >= 11 is 5.73. The molecule has 1 aromatic carbocycles. The topological polar surface area (TPSA) is 698 Å². The van der Waals surface area contributed by atoms with Gasteiger partial charge in [-0.2, -0.15) is 37.6 Å². The third kappa shape index (κ3) is 34.3. The fraction of sp³-hybridized carbons (Fsp3) is 0.636. The van der Waals surface area contributed by atoms with E-state index in [9.17, 15) is 95.3 Å². The molecule has 0 spiro atoms. The van der Waals surface area contributed by atoms with E-state index in [0.29, 0.717) is 36.3 Å². The van der Waals surface area contributed by atoms with Gasteiger partial charge in [0.05, 0.1) is 12.9 Å². The lowest BCUT2D eigenvalue weighted by Crippen LogP contribution is -2.62. The number of thioether (sulfide) groups is 1. The standard InChI is InChI=1S/C75H119N25O17S2.C2HF3O2/c1-40(2)33-49(93-67(111)54-20-12-29-98(54)69(113)48(25-32-119-5)91-66(110)53(38-118)96-60(104)45(18-10-27-84-74(78)79)88-59(103)44(17-9-26-83-73(76)77)89-61(105)47-23-24-57(102)87-47)63(107)92-50(35-43-36-82-39-86-43)64(108)95-52(37-101)65(109)90-46(19-11-28-85-75(80)81)62(106)97-58(41(3)4)71(115)99-30-13-21-55(99)68(112)94-51(34-42-15-7-6-8-16-42)70(114)100-31-14-22-56(100)72(116)117;3-2(4,5)1(6)7/h6-8,15-16,36,39-41,44-56,58,101,118H,9-14,17-35,37-38H2,1-5H3,(H,82,86)(H,87,102)(H,88,103)(H,89,105)(H,90,109)(H,91,110)(H,92,107)(H,93,111)(H,94,112)(H,95,108)(H,96,104)(H,97,106)(H,116,117)(H4,76,77,83)(H4,78,79,84)(H4,80,81,85);(H,6,7)/t44-,45-,46-,47-,48-,49-,50-,51-,52-,53-,54-,55-,56-,58-;/m0./s1. The number of amides is 14. The number of alkyl halides is 3. The number of nitrogens with two attached hydrogens (primary N) is 6. The number of hydrogen-bond donors (Lipinski definition) is 22. The average molecular weight is 1820 g/mol. The molecule has 14 atom stereocenters. The van der Waals surface area contributed by atoms with Gasteiger partial charge in [0, 0.05) is 76.2 Å². The molecule has 2 aromatic rings. The van der Waals surface area contributed by atoms with Gasteiger partial charge in [-0.05, 0) is 126 Å². The van der Waals surface area contributed by atoms with Gasteiger partial charge in [-0.1, -0.05) is 58.0 Å². The van der Waals surface area contributed by atoms with Crippen LogP contribution in [0.25, 0.3) is 0 Å². The molecule has 0 bridgehead atoms. The van der Waals surface area contributed by atoms with Gasteiger partial charge in [0.15, 0.2) is 17.9 Å². The largest absolute Gasteiger partial charge is 0.490 e. The normalized spacial score (nSPS) is 18.4. The zero-order valence-corrected chi connectivity index (χ0v) is 72.5. The first-order valence-corrected chi connectivity index (χ1v) is 43.3. The summed E-state index contributed by atoms with van der Waals surface area (Å²) < 4.78 is 31.7. The number of aliphatic hydroxyl groups excluding tert-OH is 1. The number of aliphatic carboxylic acids is 2. The molecule has 6 rings (SSSR count). The first-order chi connectivity index (χ1) is 59.6. The number of guanidine groups is 3. The lowest BCUT2D eigenvalue weighted by molar-refractivity contribution is -0.192. The number of hydrogen-bond acceptors (Lipinski definition) is 23. The number of carboxylic acids is 2. The number of aliphatic imine (C=N–C) groups is 3. The van der Waals surface area contributed by atoms with E-state index in [1.54, 1.807) is 64.3 Å². The summed E-state index contributed by atoms with van der Waals surface area (Å²) in [6, 6.07) is -9.64. The van der Waals surface area contributed by atoms with Gasteiger partial charge in [0.2, 0.25) is 82.7 Å². The third-order valence-corrected chi connectivity index (χ3v) is 21.7. The van der Waals surface area contributed by atoms with E-state index in [-0.39, 0.29) is 171 Å². The highest BCUT2D eigenvalue weighted by atomic mass is 32.2. The lowest BCUT2D eigenvalue weighted by Gasteiger charge is -2.33. The number of thiol groups is 1. The van der Waals surface area contributed by atoms with Crippen molar-refractivity contribution in [2.45, 2.75) is 234 Å². The van der Waals surface area contributed by atoms with Gasteiger partial charge < -0.3 is 128 Å². The van der Waals surface area contributed by atoms with Crippen molar-refractivity contribution in [1.82, 2.24) is 83.2 Å². The summed E-state index contributed by atoms with van der Waals surface area (Å²) in [7, 11) is 0. The second-order valence-electron chi connectivity index (χ2n) is 31.2. The second-order valence-corrected chi connectivity index (χ2v) is 32.6. The van der Waals surface area contributed by atoms with Crippen LogP contribution in [0.2, 0.25) is 0 Å². The number of H-pyrrole nitrogens is 1. The van der Waals surface area contributed by atoms with Crippen LogP contribution >= 0.6 is 24.4 Å². The van der Waals surface area contributed by atoms with Crippen molar-refractivity contribution >= 4 is 137 Å². The summed E-state index contributed by atoms with van der Waals surface area (Å²) in [5.74, 6) is -16.3. The van der Waals surface area contributed by atoms with Crippen molar-refractivity contribution in [2.75, 3.05) is 63.6 Å². The van der Waals surface area contributed by atoms with Gasteiger partial charge in [-0.25, -0.2) is 14.6 Å². The van der Waals surface area contributed by atoms with E-state index < -0.39 is 192 Å². The van der Waals surface area contributed by atoms with Gasteiger partial charge in [-0.3, -0.25) is 82.1 Å². The number of imidazole rings is 1. The molecule has 1 aromatic heterocycles. The highest BCUT2D eigenvalue weighted by Crippen LogP contribution is 2.26. The van der Waals surface area contributed by atoms with Crippen LogP contribution in [0.3, 0.4) is 0 Å². The fourth-order valence-electron chi connectivity index (χ4n) is 14.3. The predicted octanol–water partition coefficient (Wildman–Crippen LogP) is -5.45. The smallest absolute Gasteiger partial charge is 0.480 e. The molecule has 0 aliphatic carbocycles. The Morgan fingerprint density at radius 1 is 0.540 bits per heavy atom. The van der Waals surface area contributed by atoms with Crippen LogP contribution < -0.4 is 92.9 Å². The number of likely N-dealkylation sites (tertiary alicyclic amines) is 3. The Labute approximate surface area is 735 Å². The molecule has 4 aliphatic rings. The molecule has 44 nitrogen and oxygen atoms in total. The van der Waals surface area contributed by atoms with Crippen molar-refractivity contribution in [3.63, 3.8) is 0 Å². The number of aromatic amines is 1. The highest BCUT2D eigenvalue weighted by molar-refractivity contribution is 7.98. The van der Waals surface area contributed by atoms with Crippen LogP contribution in [0.15, 0.2) is 57.8 Å². The van der Waals surface area contributed by atoms with E-state index in [4.69, 9.17) is 44.3 Å². The maximum atomic E-state index is 14.8. The number of aromatic nitrogens is 2. The van der Waals surface area contributed by atoms with Gasteiger partial charge in [0.25, 0.3) is 0 Å². The number of nitrogens with one attached hydrogen (secondary N) is 12. The van der Waals surface area contributed by atoms with Gasteiger partial charge in [-0.15, -0.1) is 0 Å². The monoisotopic (exact) mass is 1820 g/mol. The number of benzene rings is 1. The van der Waals surface area contributed by atoms with E-state index in [1.165, 1.54) is 39.0 Å². The molecule has 126 heavy (non-hydrogen) atoms. The van der Waals surface area contributed by atoms with Crippen LogP contribution in [-0.2, 0) is 89.6 Å².